The number of rotatable bonds is 8. The topological polar surface area (TPSA) is 76.1 Å². The smallest absolute Gasteiger partial charge is 0.315 e. The molecular formula is C28H41NO5. The van der Waals surface area contributed by atoms with Crippen molar-refractivity contribution in [1.29, 1.82) is 0 Å². The van der Waals surface area contributed by atoms with E-state index in [0.717, 1.165) is 44.2 Å². The number of carboxylic acid groups (broad SMARTS) is 1. The lowest BCUT2D eigenvalue weighted by Gasteiger charge is -2.58. The Morgan fingerprint density at radius 2 is 2.09 bits per heavy atom. The summed E-state index contributed by atoms with van der Waals surface area (Å²) in [4.78, 5) is 28.8. The van der Waals surface area contributed by atoms with Crippen LogP contribution < -0.4 is 0 Å². The lowest BCUT2D eigenvalue weighted by Crippen LogP contribution is -2.64. The standard InChI is InChI=1S/C28H41NO5/c1-6-9-29-13-19(5)34-24(14-29)33-16-27-12-21-18(4)7-8-22(21)26(15-30)11-20(27)10-23(17(2)3)28(26,27)25(31)32/h6,10,15,17-22,24H,1,7-9,11-14,16H2,2-5H3,(H,31,32)/t18-,19-,20+,21-,22-,24-,26+,27+,28+/m1/s1. The summed E-state index contributed by atoms with van der Waals surface area (Å²) in [6, 6.07) is 0. The maximum atomic E-state index is 13.5. The van der Waals surface area contributed by atoms with Gasteiger partial charge in [-0.2, -0.15) is 0 Å². The van der Waals surface area contributed by atoms with Crippen LogP contribution in [0.15, 0.2) is 24.3 Å². The molecule has 0 spiro atoms. The number of carboxylic acids is 1. The first-order valence-corrected chi connectivity index (χ1v) is 13.2. The number of ether oxygens (including phenoxy) is 2. The van der Waals surface area contributed by atoms with E-state index in [0.29, 0.717) is 31.4 Å². The Morgan fingerprint density at radius 1 is 1.32 bits per heavy atom. The molecule has 1 N–H and O–H groups in total. The summed E-state index contributed by atoms with van der Waals surface area (Å²) in [7, 11) is 0. The molecule has 0 aromatic rings. The van der Waals surface area contributed by atoms with Crippen molar-refractivity contribution in [3.8, 4) is 0 Å². The second kappa shape index (κ2) is 8.28. The quantitative estimate of drug-likeness (QED) is 0.423. The Balaban J connectivity index is 1.55. The van der Waals surface area contributed by atoms with Crippen molar-refractivity contribution < 1.29 is 24.2 Å². The summed E-state index contributed by atoms with van der Waals surface area (Å²) >= 11 is 0. The van der Waals surface area contributed by atoms with Crippen molar-refractivity contribution >= 4 is 12.3 Å². The molecule has 188 valence electrons. The molecule has 4 fully saturated rings. The van der Waals surface area contributed by atoms with Gasteiger partial charge in [-0.05, 0) is 55.8 Å². The van der Waals surface area contributed by atoms with Crippen LogP contribution in [0.25, 0.3) is 0 Å². The molecule has 1 aliphatic heterocycles. The van der Waals surface area contributed by atoms with Crippen LogP contribution in [0.1, 0.15) is 53.4 Å². The molecule has 5 aliphatic rings. The van der Waals surface area contributed by atoms with Crippen LogP contribution in [-0.2, 0) is 19.1 Å². The number of fused-ring (bicyclic) bond motifs is 2. The minimum atomic E-state index is -1.19. The van der Waals surface area contributed by atoms with Gasteiger partial charge in [-0.15, -0.1) is 6.58 Å². The zero-order valence-electron chi connectivity index (χ0n) is 21.2. The van der Waals surface area contributed by atoms with Gasteiger partial charge in [0.05, 0.1) is 18.1 Å². The Hall–Kier alpha value is -1.50. The average molecular weight is 472 g/mol. The van der Waals surface area contributed by atoms with Crippen molar-refractivity contribution in [3.63, 3.8) is 0 Å². The summed E-state index contributed by atoms with van der Waals surface area (Å²) in [6.07, 6.45) is 8.30. The number of morpholine rings is 1. The summed E-state index contributed by atoms with van der Waals surface area (Å²) in [5, 5.41) is 11.0. The monoisotopic (exact) mass is 471 g/mol. The number of carbonyl (C=O) groups excluding carboxylic acids is 1. The third-order valence-electron chi connectivity index (χ3n) is 10.3. The van der Waals surface area contributed by atoms with Gasteiger partial charge in [0.15, 0.2) is 6.29 Å². The van der Waals surface area contributed by atoms with Crippen LogP contribution in [0.2, 0.25) is 0 Å². The summed E-state index contributed by atoms with van der Waals surface area (Å²) in [5.41, 5.74) is -1.68. The van der Waals surface area contributed by atoms with Gasteiger partial charge >= 0.3 is 5.97 Å². The van der Waals surface area contributed by atoms with Crippen LogP contribution >= 0.6 is 0 Å². The highest BCUT2D eigenvalue weighted by Crippen LogP contribution is 2.82. The molecule has 0 aromatic heterocycles. The first kappa shape index (κ1) is 24.2. The lowest BCUT2D eigenvalue weighted by molar-refractivity contribution is -0.235. The average Bonchev–Trinajstić information content (AvgIpc) is 3.35. The SMILES string of the molecule is C=CCN1C[C@H](OC[C@@]23C[C@@H]4[C@H](C)CC[C@H]4[C@@]4(C=O)C[C@@H]2C=C(C(C)C)[C@@]34C(=O)O)O[C@H](C)C1. The molecule has 6 heteroatoms. The minimum Gasteiger partial charge on any atom is -0.481 e. The van der Waals surface area contributed by atoms with Crippen molar-refractivity contribution in [2.24, 2.45) is 45.8 Å². The summed E-state index contributed by atoms with van der Waals surface area (Å²) < 4.78 is 12.7. The number of hydrogen-bond donors (Lipinski definition) is 1. The molecule has 4 aliphatic carbocycles. The fourth-order valence-electron chi connectivity index (χ4n) is 9.29. The van der Waals surface area contributed by atoms with E-state index in [1.54, 1.807) is 0 Å². The molecular weight excluding hydrogens is 430 g/mol. The van der Waals surface area contributed by atoms with Crippen molar-refractivity contribution in [2.75, 3.05) is 26.2 Å². The highest BCUT2D eigenvalue weighted by molar-refractivity contribution is 5.90. The van der Waals surface area contributed by atoms with E-state index in [1.165, 1.54) is 0 Å². The first-order valence-electron chi connectivity index (χ1n) is 13.2. The second-order valence-electron chi connectivity index (χ2n) is 12.2. The van der Waals surface area contributed by atoms with Crippen LogP contribution in [0, 0.1) is 45.8 Å². The number of allylic oxidation sites excluding steroid dienone is 1. The molecule has 1 saturated heterocycles. The minimum absolute atomic E-state index is 0.0361. The van der Waals surface area contributed by atoms with Gasteiger partial charge in [0.1, 0.15) is 11.7 Å². The number of aliphatic carboxylic acids is 1. The van der Waals surface area contributed by atoms with Gasteiger partial charge in [-0.3, -0.25) is 9.69 Å². The highest BCUT2D eigenvalue weighted by Gasteiger charge is 2.84. The molecule has 1 heterocycles. The van der Waals surface area contributed by atoms with E-state index in [4.69, 9.17) is 9.47 Å². The van der Waals surface area contributed by atoms with Gasteiger partial charge in [0.2, 0.25) is 0 Å². The van der Waals surface area contributed by atoms with E-state index >= 15 is 0 Å². The maximum absolute atomic E-state index is 13.5. The molecule has 4 bridgehead atoms. The molecule has 0 amide bonds. The van der Waals surface area contributed by atoms with E-state index < -0.39 is 28.5 Å². The molecule has 3 saturated carbocycles. The molecule has 0 unspecified atom stereocenters. The lowest BCUT2D eigenvalue weighted by atomic mass is 9.43. The zero-order chi connectivity index (χ0) is 24.5. The van der Waals surface area contributed by atoms with E-state index in [-0.39, 0.29) is 23.9 Å². The maximum Gasteiger partial charge on any atom is 0.315 e. The van der Waals surface area contributed by atoms with E-state index in [2.05, 4.69) is 38.3 Å². The zero-order valence-corrected chi connectivity index (χ0v) is 21.2. The highest BCUT2D eigenvalue weighted by atomic mass is 16.7. The molecule has 34 heavy (non-hydrogen) atoms. The molecule has 0 radical (unpaired) electrons. The van der Waals surface area contributed by atoms with Crippen LogP contribution in [-0.4, -0.2) is 60.9 Å². The number of nitrogens with zero attached hydrogens (tertiary/aromatic N) is 1. The predicted octanol–water partition coefficient (Wildman–Crippen LogP) is 4.16. The molecule has 5 rings (SSSR count). The van der Waals surface area contributed by atoms with Gasteiger partial charge in [0.25, 0.3) is 0 Å². The second-order valence-corrected chi connectivity index (χ2v) is 12.2. The Morgan fingerprint density at radius 3 is 2.74 bits per heavy atom. The normalized spacial score (nSPS) is 47.5. The molecule has 0 aromatic carbocycles. The van der Waals surface area contributed by atoms with Gasteiger partial charge < -0.3 is 19.4 Å². The first-order chi connectivity index (χ1) is 16.2. The number of hydrogen-bond acceptors (Lipinski definition) is 5. The summed E-state index contributed by atoms with van der Waals surface area (Å²) in [5.74, 6) is 0.315. The fourth-order valence-corrected chi connectivity index (χ4v) is 9.29. The Bertz CT molecular complexity index is 899. The van der Waals surface area contributed by atoms with E-state index in [9.17, 15) is 14.7 Å². The van der Waals surface area contributed by atoms with Crippen molar-refractivity contribution in [1.82, 2.24) is 4.90 Å². The van der Waals surface area contributed by atoms with Gasteiger partial charge in [-0.25, -0.2) is 0 Å². The fraction of sp³-hybridized carbons (Fsp3) is 0.786. The van der Waals surface area contributed by atoms with Crippen molar-refractivity contribution in [3.05, 3.63) is 24.3 Å². The van der Waals surface area contributed by atoms with Crippen LogP contribution in [0.5, 0.6) is 0 Å². The largest absolute Gasteiger partial charge is 0.481 e. The van der Waals surface area contributed by atoms with E-state index in [1.807, 2.05) is 13.0 Å². The predicted molar refractivity (Wildman–Crippen MR) is 129 cm³/mol. The molecule has 6 nitrogen and oxygen atoms in total. The van der Waals surface area contributed by atoms with Crippen LogP contribution in [0.3, 0.4) is 0 Å². The third-order valence-corrected chi connectivity index (χ3v) is 10.3. The third kappa shape index (κ3) is 2.91. The van der Waals surface area contributed by atoms with Gasteiger partial charge in [-0.1, -0.05) is 44.9 Å². The van der Waals surface area contributed by atoms with Crippen molar-refractivity contribution in [2.45, 2.75) is 65.8 Å². The number of carbonyl (C=O) groups is 2. The Labute approximate surface area is 203 Å². The van der Waals surface area contributed by atoms with Crippen LogP contribution in [0.4, 0.5) is 0 Å². The van der Waals surface area contributed by atoms with Gasteiger partial charge in [0, 0.05) is 25.0 Å². The Kier molecular flexibility index (Phi) is 5.89. The number of aldehydes is 1. The molecule has 9 atom stereocenters. The summed E-state index contributed by atoms with van der Waals surface area (Å²) in [6.45, 7) is 14.9.